The van der Waals surface area contributed by atoms with Crippen LogP contribution in [0.3, 0.4) is 0 Å². The third-order valence-electron chi connectivity index (χ3n) is 5.17. The van der Waals surface area contributed by atoms with Crippen LogP contribution in [0.25, 0.3) is 0 Å². The standard InChI is InChI=1S/C16H19Cl2NO/c1-3-16(4-2,10-5-6-12(17)13(18)7-10)19-14(20)15-8-11(15)9-15/h5-7,11H,3-4,8-9H2,1-2H3,(H,19,20). The molecule has 2 nitrogen and oxygen atoms in total. The molecule has 2 aliphatic rings. The number of rotatable bonds is 5. The number of carbonyl (C=O) groups is 1. The Bertz CT molecular complexity index is 560. The summed E-state index contributed by atoms with van der Waals surface area (Å²) >= 11 is 12.1. The zero-order valence-corrected chi connectivity index (χ0v) is 13.3. The van der Waals surface area contributed by atoms with Crippen LogP contribution in [0.1, 0.15) is 45.1 Å². The van der Waals surface area contributed by atoms with E-state index in [1.165, 1.54) is 0 Å². The Morgan fingerprint density at radius 1 is 1.30 bits per heavy atom. The fraction of sp³-hybridized carbons (Fsp3) is 0.562. The summed E-state index contributed by atoms with van der Waals surface area (Å²) in [5.74, 6) is 0.875. The molecule has 0 atom stereocenters. The van der Waals surface area contributed by atoms with E-state index in [0.717, 1.165) is 31.2 Å². The Hall–Kier alpha value is -0.730. The summed E-state index contributed by atoms with van der Waals surface area (Å²) in [6.45, 7) is 4.20. The maximum atomic E-state index is 12.5. The van der Waals surface area contributed by atoms with Crippen molar-refractivity contribution in [2.75, 3.05) is 0 Å². The first-order chi connectivity index (χ1) is 9.47. The van der Waals surface area contributed by atoms with Crippen LogP contribution in [0.2, 0.25) is 10.0 Å². The van der Waals surface area contributed by atoms with Gasteiger partial charge in [0.2, 0.25) is 5.91 Å². The molecule has 0 heterocycles. The van der Waals surface area contributed by atoms with Crippen molar-refractivity contribution < 1.29 is 4.79 Å². The maximum absolute atomic E-state index is 12.5. The molecule has 2 saturated carbocycles. The third kappa shape index (κ3) is 2.05. The van der Waals surface area contributed by atoms with E-state index in [2.05, 4.69) is 19.2 Å². The number of hydrogen-bond acceptors (Lipinski definition) is 1. The predicted octanol–water partition coefficient (Wildman–Crippen LogP) is 4.53. The molecule has 2 fully saturated rings. The van der Waals surface area contributed by atoms with Gasteiger partial charge in [-0.15, -0.1) is 0 Å². The molecule has 0 bridgehead atoms. The van der Waals surface area contributed by atoms with Crippen LogP contribution in [-0.2, 0) is 10.3 Å². The van der Waals surface area contributed by atoms with Gasteiger partial charge < -0.3 is 5.32 Å². The third-order valence-corrected chi connectivity index (χ3v) is 5.91. The van der Waals surface area contributed by atoms with E-state index >= 15 is 0 Å². The van der Waals surface area contributed by atoms with Crippen molar-refractivity contribution in [3.8, 4) is 0 Å². The second-order valence-corrected chi connectivity index (χ2v) is 6.95. The Balaban J connectivity index is 1.89. The van der Waals surface area contributed by atoms with Gasteiger partial charge in [-0.1, -0.05) is 43.1 Å². The summed E-state index contributed by atoms with van der Waals surface area (Å²) in [7, 11) is 0. The van der Waals surface area contributed by atoms with Crippen molar-refractivity contribution in [2.24, 2.45) is 11.3 Å². The van der Waals surface area contributed by atoms with E-state index in [-0.39, 0.29) is 16.9 Å². The molecule has 0 unspecified atom stereocenters. The summed E-state index contributed by atoms with van der Waals surface area (Å²) in [5.41, 5.74) is 0.696. The molecule has 1 aromatic carbocycles. The van der Waals surface area contributed by atoms with Crippen LogP contribution in [0.15, 0.2) is 18.2 Å². The monoisotopic (exact) mass is 311 g/mol. The zero-order chi connectivity index (χ0) is 14.5. The molecule has 0 aromatic heterocycles. The molecule has 3 rings (SSSR count). The second-order valence-electron chi connectivity index (χ2n) is 6.13. The first-order valence-corrected chi connectivity index (χ1v) is 8.01. The van der Waals surface area contributed by atoms with Crippen LogP contribution in [0.5, 0.6) is 0 Å². The Morgan fingerprint density at radius 3 is 2.35 bits per heavy atom. The lowest BCUT2D eigenvalue weighted by Crippen LogP contribution is -2.46. The molecule has 0 aliphatic heterocycles. The number of carbonyl (C=O) groups excluding carboxylic acids is 1. The van der Waals surface area contributed by atoms with Crippen LogP contribution >= 0.6 is 23.2 Å². The summed E-state index contributed by atoms with van der Waals surface area (Å²) < 4.78 is 0. The summed E-state index contributed by atoms with van der Waals surface area (Å²) in [5, 5.41) is 4.38. The highest BCUT2D eigenvalue weighted by atomic mass is 35.5. The van der Waals surface area contributed by atoms with Gasteiger partial charge in [0.15, 0.2) is 0 Å². The molecule has 1 N–H and O–H groups in total. The van der Waals surface area contributed by atoms with Crippen LogP contribution in [0, 0.1) is 11.3 Å². The van der Waals surface area contributed by atoms with E-state index < -0.39 is 0 Å². The molecular weight excluding hydrogens is 293 g/mol. The lowest BCUT2D eigenvalue weighted by atomic mass is 9.84. The summed E-state index contributed by atoms with van der Waals surface area (Å²) in [6, 6.07) is 5.66. The molecule has 0 radical (unpaired) electrons. The second kappa shape index (κ2) is 4.64. The van der Waals surface area contributed by atoms with E-state index in [9.17, 15) is 4.79 Å². The van der Waals surface area contributed by atoms with Gasteiger partial charge in [0, 0.05) is 0 Å². The highest BCUT2D eigenvalue weighted by Crippen LogP contribution is 2.75. The SMILES string of the molecule is CCC(CC)(NC(=O)C12CC1C2)c1ccc(Cl)c(Cl)c1. The van der Waals surface area contributed by atoms with Gasteiger partial charge in [0.25, 0.3) is 0 Å². The Labute approximate surface area is 129 Å². The lowest BCUT2D eigenvalue weighted by molar-refractivity contribution is -0.126. The minimum Gasteiger partial charge on any atom is -0.346 e. The van der Waals surface area contributed by atoms with E-state index in [1.807, 2.05) is 12.1 Å². The number of nitrogens with one attached hydrogen (secondary N) is 1. The highest BCUT2D eigenvalue weighted by molar-refractivity contribution is 6.42. The van der Waals surface area contributed by atoms with Crippen LogP contribution in [-0.4, -0.2) is 5.91 Å². The van der Waals surface area contributed by atoms with Crippen molar-refractivity contribution in [1.82, 2.24) is 5.32 Å². The van der Waals surface area contributed by atoms with E-state index in [1.54, 1.807) is 6.07 Å². The normalized spacial score (nSPS) is 26.9. The smallest absolute Gasteiger partial charge is 0.227 e. The van der Waals surface area contributed by atoms with E-state index in [4.69, 9.17) is 23.2 Å². The zero-order valence-electron chi connectivity index (χ0n) is 11.8. The highest BCUT2D eigenvalue weighted by Gasteiger charge is 2.74. The lowest BCUT2D eigenvalue weighted by Gasteiger charge is -2.34. The molecule has 1 amide bonds. The topological polar surface area (TPSA) is 29.1 Å². The number of amides is 1. The molecule has 0 saturated heterocycles. The van der Waals surface area contributed by atoms with Gasteiger partial charge >= 0.3 is 0 Å². The fourth-order valence-corrected chi connectivity index (χ4v) is 3.41. The van der Waals surface area contributed by atoms with Gasteiger partial charge in [-0.25, -0.2) is 0 Å². The minimum absolute atomic E-state index is 0.00812. The Kier molecular flexibility index (Phi) is 3.30. The molecule has 2 aliphatic carbocycles. The van der Waals surface area contributed by atoms with E-state index in [0.29, 0.717) is 16.0 Å². The Morgan fingerprint density at radius 2 is 1.90 bits per heavy atom. The average Bonchev–Trinajstić information content (AvgIpc) is 3.28. The number of hydrogen-bond donors (Lipinski definition) is 1. The first-order valence-electron chi connectivity index (χ1n) is 7.25. The first kappa shape index (κ1) is 14.2. The molecule has 0 spiro atoms. The van der Waals surface area contributed by atoms with Gasteiger partial charge in [-0.2, -0.15) is 0 Å². The fourth-order valence-electron chi connectivity index (χ4n) is 3.12. The summed E-state index contributed by atoms with van der Waals surface area (Å²) in [6.07, 6.45) is 3.83. The number of benzene rings is 1. The molecule has 1 aromatic rings. The van der Waals surface area contributed by atoms with Crippen molar-refractivity contribution >= 4 is 29.1 Å². The van der Waals surface area contributed by atoms with Crippen molar-refractivity contribution in [3.63, 3.8) is 0 Å². The number of halogens is 2. The quantitative estimate of drug-likeness (QED) is 0.850. The van der Waals surface area contributed by atoms with Crippen molar-refractivity contribution in [3.05, 3.63) is 33.8 Å². The summed E-state index contributed by atoms with van der Waals surface area (Å²) in [4.78, 5) is 12.5. The maximum Gasteiger partial charge on any atom is 0.227 e. The van der Waals surface area contributed by atoms with Gasteiger partial charge in [0.05, 0.1) is 21.0 Å². The van der Waals surface area contributed by atoms with Gasteiger partial charge in [-0.3, -0.25) is 4.79 Å². The molecule has 4 heteroatoms. The number of fused-ring (bicyclic) bond motifs is 1. The van der Waals surface area contributed by atoms with Crippen LogP contribution in [0.4, 0.5) is 0 Å². The minimum atomic E-state index is -0.338. The van der Waals surface area contributed by atoms with Crippen LogP contribution < -0.4 is 5.32 Å². The van der Waals surface area contributed by atoms with Gasteiger partial charge in [-0.05, 0) is 49.3 Å². The average molecular weight is 312 g/mol. The molecule has 108 valence electrons. The molecular formula is C16H19Cl2NO. The van der Waals surface area contributed by atoms with Gasteiger partial charge in [0.1, 0.15) is 0 Å². The molecule has 20 heavy (non-hydrogen) atoms. The van der Waals surface area contributed by atoms with Crippen molar-refractivity contribution in [1.29, 1.82) is 0 Å². The predicted molar refractivity (Wildman–Crippen MR) is 82.0 cm³/mol. The van der Waals surface area contributed by atoms with Crippen molar-refractivity contribution in [2.45, 2.75) is 45.1 Å². The largest absolute Gasteiger partial charge is 0.346 e.